The molecule has 2 atom stereocenters. The van der Waals surface area contributed by atoms with Crippen LogP contribution in [0.2, 0.25) is 0 Å². The van der Waals surface area contributed by atoms with Crippen LogP contribution >= 0.6 is 0 Å². The summed E-state index contributed by atoms with van der Waals surface area (Å²) in [5.74, 6) is 0.813. The normalized spacial score (nSPS) is 20.7. The molecular formula is C18H22NO4+. The average Bonchev–Trinajstić information content (AvgIpc) is 2.44. The maximum absolute atomic E-state index is 10.1. The summed E-state index contributed by atoms with van der Waals surface area (Å²) in [6, 6.07) is 9.87. The first-order chi connectivity index (χ1) is 10.8. The van der Waals surface area contributed by atoms with Crippen molar-refractivity contribution in [2.45, 2.75) is 18.6 Å². The van der Waals surface area contributed by atoms with E-state index in [2.05, 4.69) is 21.1 Å². The summed E-state index contributed by atoms with van der Waals surface area (Å²) in [7, 11) is 6.33. The lowest BCUT2D eigenvalue weighted by atomic mass is 9.90. The molecule has 2 aromatic rings. The Kier molecular flexibility index (Phi) is 3.60. The van der Waals surface area contributed by atoms with Crippen molar-refractivity contribution in [3.63, 3.8) is 0 Å². The summed E-state index contributed by atoms with van der Waals surface area (Å²) < 4.78 is 6.74. The highest BCUT2D eigenvalue weighted by Gasteiger charge is 2.38. The number of rotatable bonds is 2. The van der Waals surface area contributed by atoms with Crippen LogP contribution in [0.4, 0.5) is 0 Å². The molecule has 122 valence electrons. The largest absolute Gasteiger partial charge is 0.508 e. The Labute approximate surface area is 135 Å². The average molecular weight is 316 g/mol. The van der Waals surface area contributed by atoms with Crippen molar-refractivity contribution >= 4 is 0 Å². The molecule has 1 heterocycles. The van der Waals surface area contributed by atoms with Crippen LogP contribution in [0.3, 0.4) is 0 Å². The van der Waals surface area contributed by atoms with Crippen molar-refractivity contribution < 1.29 is 24.5 Å². The van der Waals surface area contributed by atoms with E-state index in [-0.39, 0.29) is 29.4 Å². The second-order valence-electron chi connectivity index (χ2n) is 6.94. The monoisotopic (exact) mass is 316 g/mol. The van der Waals surface area contributed by atoms with Crippen LogP contribution in [-0.4, -0.2) is 40.9 Å². The van der Waals surface area contributed by atoms with E-state index in [1.54, 1.807) is 18.2 Å². The topological polar surface area (TPSA) is 69.9 Å². The Morgan fingerprint density at radius 1 is 0.913 bits per heavy atom. The van der Waals surface area contributed by atoms with Gasteiger partial charge in [0.05, 0.1) is 26.7 Å². The fourth-order valence-electron chi connectivity index (χ4n) is 3.16. The molecule has 5 heteroatoms. The molecule has 0 saturated heterocycles. The lowest BCUT2D eigenvalue weighted by molar-refractivity contribution is -0.903. The summed E-state index contributed by atoms with van der Waals surface area (Å²) >= 11 is 0. The van der Waals surface area contributed by atoms with Crippen LogP contribution in [0.15, 0.2) is 36.4 Å². The number of phenolic OH excluding ortho intramolecular Hbond substituents is 3. The highest BCUT2D eigenvalue weighted by molar-refractivity contribution is 5.46. The van der Waals surface area contributed by atoms with E-state index in [0.29, 0.717) is 22.2 Å². The highest BCUT2D eigenvalue weighted by atomic mass is 16.5. The molecule has 5 nitrogen and oxygen atoms in total. The second-order valence-corrected chi connectivity index (χ2v) is 6.94. The van der Waals surface area contributed by atoms with Gasteiger partial charge in [-0.25, -0.2) is 0 Å². The van der Waals surface area contributed by atoms with Gasteiger partial charge in [0.1, 0.15) is 35.1 Å². The Morgan fingerprint density at radius 2 is 1.52 bits per heavy atom. The molecule has 2 unspecified atom stereocenters. The van der Waals surface area contributed by atoms with Crippen LogP contribution < -0.4 is 4.74 Å². The third-order valence-electron chi connectivity index (χ3n) is 4.36. The molecule has 3 N–H and O–H groups in total. The summed E-state index contributed by atoms with van der Waals surface area (Å²) in [6.07, 6.45) is 0.354. The van der Waals surface area contributed by atoms with E-state index in [9.17, 15) is 15.3 Å². The van der Waals surface area contributed by atoms with E-state index in [0.717, 1.165) is 5.56 Å². The molecule has 2 aromatic carbocycles. The van der Waals surface area contributed by atoms with Crippen molar-refractivity contribution in [1.29, 1.82) is 0 Å². The number of quaternary nitrogens is 1. The van der Waals surface area contributed by atoms with E-state index in [1.807, 2.05) is 6.07 Å². The Morgan fingerprint density at radius 3 is 2.13 bits per heavy atom. The molecule has 0 fully saturated rings. The summed E-state index contributed by atoms with van der Waals surface area (Å²) in [6.45, 7) is 0. The first-order valence-corrected chi connectivity index (χ1v) is 7.58. The first kappa shape index (κ1) is 15.5. The maximum Gasteiger partial charge on any atom is 0.133 e. The molecule has 0 saturated carbocycles. The maximum atomic E-state index is 10.1. The van der Waals surface area contributed by atoms with Crippen molar-refractivity contribution in [2.24, 2.45) is 0 Å². The van der Waals surface area contributed by atoms with Crippen LogP contribution in [0, 0.1) is 0 Å². The zero-order valence-electron chi connectivity index (χ0n) is 13.5. The van der Waals surface area contributed by atoms with Crippen molar-refractivity contribution in [3.8, 4) is 23.0 Å². The zero-order valence-corrected chi connectivity index (χ0v) is 13.5. The van der Waals surface area contributed by atoms with Gasteiger partial charge >= 0.3 is 0 Å². The number of nitrogens with zero attached hydrogens (tertiary/aromatic N) is 1. The number of benzene rings is 2. The number of hydrogen-bond acceptors (Lipinski definition) is 4. The Bertz CT molecular complexity index is 736. The molecule has 0 aromatic heterocycles. The van der Waals surface area contributed by atoms with E-state index in [1.165, 1.54) is 12.1 Å². The molecule has 0 radical (unpaired) electrons. The number of hydrogen-bond donors (Lipinski definition) is 3. The fraction of sp³-hybridized carbons (Fsp3) is 0.333. The molecule has 3 rings (SSSR count). The lowest BCUT2D eigenvalue weighted by Gasteiger charge is -2.40. The second kappa shape index (κ2) is 5.35. The van der Waals surface area contributed by atoms with Gasteiger partial charge in [-0.2, -0.15) is 0 Å². The van der Waals surface area contributed by atoms with Crippen LogP contribution in [-0.2, 0) is 0 Å². The number of aromatic hydroxyl groups is 3. The molecule has 0 spiro atoms. The zero-order chi connectivity index (χ0) is 16.8. The van der Waals surface area contributed by atoms with Gasteiger partial charge in [0.2, 0.25) is 0 Å². The molecule has 23 heavy (non-hydrogen) atoms. The molecule has 0 bridgehead atoms. The predicted octanol–water partition coefficient (Wildman–Crippen LogP) is 3.07. The van der Waals surface area contributed by atoms with Gasteiger partial charge in [0.25, 0.3) is 0 Å². The fourth-order valence-corrected chi connectivity index (χ4v) is 3.16. The van der Waals surface area contributed by atoms with Crippen molar-refractivity contribution in [3.05, 3.63) is 47.5 Å². The highest BCUT2D eigenvalue weighted by Crippen LogP contribution is 2.47. The minimum atomic E-state index is -0.341. The summed E-state index contributed by atoms with van der Waals surface area (Å²) in [4.78, 5) is 0. The smallest absolute Gasteiger partial charge is 0.133 e. The van der Waals surface area contributed by atoms with Gasteiger partial charge in [-0.1, -0.05) is 0 Å². The molecule has 0 amide bonds. The minimum absolute atomic E-state index is 0.0127. The SMILES string of the molecule is C[N+](C)(C)C1CC(c2ccc(O)cc2O)Oc2cc(O)ccc21. The van der Waals surface area contributed by atoms with Gasteiger partial charge in [0, 0.05) is 24.1 Å². The van der Waals surface area contributed by atoms with Gasteiger partial charge < -0.3 is 24.5 Å². The first-order valence-electron chi connectivity index (χ1n) is 7.58. The van der Waals surface area contributed by atoms with Crippen molar-refractivity contribution in [2.75, 3.05) is 21.1 Å². The standard InChI is InChI=1S/C18H21NO4/c1-19(2,3)15-10-18(14-7-5-11(20)8-16(14)22)23-17-9-12(21)4-6-13(15)17/h4-9,15,18H,10H2,1-3H3,(H2-,20,21,22)/p+1. The number of phenols is 3. The van der Waals surface area contributed by atoms with E-state index >= 15 is 0 Å². The minimum Gasteiger partial charge on any atom is -0.508 e. The predicted molar refractivity (Wildman–Crippen MR) is 86.6 cm³/mol. The van der Waals surface area contributed by atoms with Crippen LogP contribution in [0.25, 0.3) is 0 Å². The van der Waals surface area contributed by atoms with Gasteiger partial charge in [-0.3, -0.25) is 0 Å². The number of ether oxygens (including phenoxy) is 1. The Balaban J connectivity index is 2.06. The van der Waals surface area contributed by atoms with Gasteiger partial charge in [0.15, 0.2) is 0 Å². The molecule has 1 aliphatic rings. The quantitative estimate of drug-likeness (QED) is 0.745. The van der Waals surface area contributed by atoms with Crippen molar-refractivity contribution in [1.82, 2.24) is 0 Å². The van der Waals surface area contributed by atoms with Crippen LogP contribution in [0.1, 0.15) is 29.7 Å². The van der Waals surface area contributed by atoms with Gasteiger partial charge in [-0.15, -0.1) is 0 Å². The lowest BCUT2D eigenvalue weighted by Crippen LogP contribution is -2.41. The Hall–Kier alpha value is -2.40. The van der Waals surface area contributed by atoms with Gasteiger partial charge in [-0.05, 0) is 24.3 Å². The van der Waals surface area contributed by atoms with E-state index in [4.69, 9.17) is 4.74 Å². The number of fused-ring (bicyclic) bond motifs is 1. The summed E-state index contributed by atoms with van der Waals surface area (Å²) in [5.41, 5.74) is 1.68. The molecule has 1 aliphatic heterocycles. The third kappa shape index (κ3) is 2.92. The van der Waals surface area contributed by atoms with E-state index < -0.39 is 0 Å². The van der Waals surface area contributed by atoms with Crippen LogP contribution in [0.5, 0.6) is 23.0 Å². The third-order valence-corrected chi connectivity index (χ3v) is 4.36. The summed E-state index contributed by atoms with van der Waals surface area (Å²) in [5, 5.41) is 29.4. The molecule has 0 aliphatic carbocycles. The molecular weight excluding hydrogens is 294 g/mol.